The van der Waals surface area contributed by atoms with Crippen molar-refractivity contribution in [3.05, 3.63) is 76.0 Å². The predicted molar refractivity (Wildman–Crippen MR) is 108 cm³/mol. The van der Waals surface area contributed by atoms with Crippen molar-refractivity contribution in [2.75, 3.05) is 6.54 Å². The highest BCUT2D eigenvalue weighted by Gasteiger charge is 2.25. The van der Waals surface area contributed by atoms with E-state index in [0.717, 1.165) is 39.5 Å². The van der Waals surface area contributed by atoms with Crippen LogP contribution in [-0.2, 0) is 17.9 Å². The number of hydrogen-bond acceptors (Lipinski definition) is 6. The molecule has 4 rings (SSSR count). The van der Waals surface area contributed by atoms with E-state index >= 15 is 0 Å². The Balaban J connectivity index is 1.40. The molecule has 1 aromatic carbocycles. The molecule has 1 aliphatic rings. The molecule has 7 heteroatoms. The third-order valence-corrected chi connectivity index (χ3v) is 5.38. The first-order chi connectivity index (χ1) is 13.9. The van der Waals surface area contributed by atoms with Crippen molar-refractivity contribution in [2.24, 2.45) is 0 Å². The summed E-state index contributed by atoms with van der Waals surface area (Å²) in [6, 6.07) is 7.54. The first-order valence-corrected chi connectivity index (χ1v) is 9.60. The highest BCUT2D eigenvalue weighted by atomic mass is 16.5. The first-order valence-electron chi connectivity index (χ1n) is 9.60. The molecule has 3 heterocycles. The number of esters is 1. The maximum atomic E-state index is 11.7. The Bertz CT molecular complexity index is 1070. The zero-order valence-corrected chi connectivity index (χ0v) is 16.8. The minimum Gasteiger partial charge on any atom is -0.457 e. The van der Waals surface area contributed by atoms with Gasteiger partial charge in [0.05, 0.1) is 17.4 Å². The average Bonchev–Trinajstić information content (AvgIpc) is 3.30. The smallest absolute Gasteiger partial charge is 0.338 e. The molecule has 0 fully saturated rings. The summed E-state index contributed by atoms with van der Waals surface area (Å²) in [4.78, 5) is 20.5. The number of nitrogens with zero attached hydrogens (tertiary/aromatic N) is 3. The van der Waals surface area contributed by atoms with Gasteiger partial charge >= 0.3 is 5.97 Å². The zero-order valence-electron chi connectivity index (χ0n) is 16.8. The molecule has 7 nitrogen and oxygen atoms in total. The zero-order chi connectivity index (χ0) is 20.5. The molecule has 1 atom stereocenters. The van der Waals surface area contributed by atoms with Crippen LogP contribution in [-0.4, -0.2) is 32.2 Å². The van der Waals surface area contributed by atoms with Gasteiger partial charge in [0.15, 0.2) is 0 Å². The van der Waals surface area contributed by atoms with E-state index in [1.807, 2.05) is 49.7 Å². The summed E-state index contributed by atoms with van der Waals surface area (Å²) in [5.41, 5.74) is 6.15. The Labute approximate surface area is 169 Å². The fraction of sp³-hybridized carbons (Fsp3) is 0.318. The number of carbonyl (C=O) groups excluding carboxylic acids is 1. The number of rotatable bonds is 6. The van der Waals surface area contributed by atoms with E-state index in [1.54, 1.807) is 12.4 Å². The van der Waals surface area contributed by atoms with Crippen LogP contribution in [0.2, 0.25) is 0 Å². The Hall–Kier alpha value is -3.03. The summed E-state index contributed by atoms with van der Waals surface area (Å²) >= 11 is 0. The van der Waals surface area contributed by atoms with Gasteiger partial charge in [-0.2, -0.15) is 0 Å². The van der Waals surface area contributed by atoms with Gasteiger partial charge < -0.3 is 15.2 Å². The highest BCUT2D eigenvalue weighted by Crippen LogP contribution is 2.28. The normalized spacial score (nSPS) is 14.0. The lowest BCUT2D eigenvalue weighted by atomic mass is 9.95. The molecule has 1 aliphatic heterocycles. The van der Waals surface area contributed by atoms with Crippen LogP contribution in [0.15, 0.2) is 36.8 Å². The molecule has 150 valence electrons. The van der Waals surface area contributed by atoms with Crippen molar-refractivity contribution in [1.82, 2.24) is 19.9 Å². The van der Waals surface area contributed by atoms with Crippen molar-refractivity contribution in [2.45, 2.75) is 40.0 Å². The maximum absolute atomic E-state index is 11.7. The third kappa shape index (κ3) is 3.79. The third-order valence-electron chi connectivity index (χ3n) is 5.38. The molecule has 3 aromatic rings. The number of aromatic nitrogens is 3. The molecule has 2 aromatic heterocycles. The number of ether oxygens (including phenoxy) is 1. The molecule has 0 saturated heterocycles. The van der Waals surface area contributed by atoms with Gasteiger partial charge in [0, 0.05) is 30.5 Å². The number of fused-ring (bicyclic) bond motifs is 1. The van der Waals surface area contributed by atoms with Crippen LogP contribution >= 0.6 is 0 Å². The molecule has 0 saturated carbocycles. The molecule has 1 unspecified atom stereocenters. The topological polar surface area (TPSA) is 89.3 Å². The lowest BCUT2D eigenvalue weighted by Gasteiger charge is -2.17. The van der Waals surface area contributed by atoms with Crippen LogP contribution in [0, 0.1) is 20.8 Å². The average molecular weight is 392 g/mol. The van der Waals surface area contributed by atoms with E-state index < -0.39 is 6.10 Å². The summed E-state index contributed by atoms with van der Waals surface area (Å²) in [5.74, 6) is 0.539. The summed E-state index contributed by atoms with van der Waals surface area (Å²) < 4.78 is 6.98. The molecule has 0 spiro atoms. The fourth-order valence-corrected chi connectivity index (χ4v) is 3.64. The Morgan fingerprint density at radius 1 is 1.24 bits per heavy atom. The SMILES string of the molecule is Cc1cn(-c2ccc(CNCC(O)c3ccc4c(c3C)COC4=O)c(C)n2)cn1. The standard InChI is InChI=1S/C22H24N4O3/c1-13-10-26(12-24-13)21-7-4-16(15(3)25-21)8-23-9-20(27)17-5-6-18-19(14(17)2)11-29-22(18)28/h4-7,10,12,20,23,27H,8-9,11H2,1-3H3. The summed E-state index contributed by atoms with van der Waals surface area (Å²) in [6.07, 6.45) is 3.02. The molecule has 0 amide bonds. The Morgan fingerprint density at radius 2 is 2.07 bits per heavy atom. The van der Waals surface area contributed by atoms with Gasteiger partial charge in [0.1, 0.15) is 18.8 Å². The van der Waals surface area contributed by atoms with Gasteiger partial charge in [-0.05, 0) is 49.6 Å². The predicted octanol–water partition coefficient (Wildman–Crippen LogP) is 2.69. The van der Waals surface area contributed by atoms with Gasteiger partial charge in [-0.25, -0.2) is 14.8 Å². The Kier molecular flexibility index (Phi) is 5.17. The number of imidazole rings is 1. The maximum Gasteiger partial charge on any atom is 0.338 e. The molecule has 0 radical (unpaired) electrons. The van der Waals surface area contributed by atoms with Gasteiger partial charge in [-0.15, -0.1) is 0 Å². The lowest BCUT2D eigenvalue weighted by molar-refractivity contribution is 0.0535. The number of aliphatic hydroxyl groups is 1. The van der Waals surface area contributed by atoms with Crippen molar-refractivity contribution >= 4 is 5.97 Å². The number of hydrogen-bond donors (Lipinski definition) is 2. The minimum atomic E-state index is -0.669. The van der Waals surface area contributed by atoms with Crippen molar-refractivity contribution in [3.63, 3.8) is 0 Å². The van der Waals surface area contributed by atoms with Gasteiger partial charge in [0.25, 0.3) is 0 Å². The van der Waals surface area contributed by atoms with E-state index in [9.17, 15) is 9.90 Å². The number of benzene rings is 1. The first kappa shape index (κ1) is 19.3. The number of nitrogens with one attached hydrogen (secondary N) is 1. The molecule has 0 bridgehead atoms. The summed E-state index contributed by atoms with van der Waals surface area (Å²) in [5, 5.41) is 13.9. The lowest BCUT2D eigenvalue weighted by Crippen LogP contribution is -2.22. The fourth-order valence-electron chi connectivity index (χ4n) is 3.64. The molecule has 29 heavy (non-hydrogen) atoms. The van der Waals surface area contributed by atoms with Crippen molar-refractivity contribution in [1.29, 1.82) is 0 Å². The highest BCUT2D eigenvalue weighted by molar-refractivity contribution is 5.93. The Morgan fingerprint density at radius 3 is 2.79 bits per heavy atom. The minimum absolute atomic E-state index is 0.279. The van der Waals surface area contributed by atoms with E-state index in [4.69, 9.17) is 4.74 Å². The summed E-state index contributed by atoms with van der Waals surface area (Å²) in [7, 11) is 0. The molecule has 0 aliphatic carbocycles. The second-order valence-electron chi connectivity index (χ2n) is 7.37. The number of pyridine rings is 1. The number of cyclic esters (lactones) is 1. The second kappa shape index (κ2) is 7.77. The van der Waals surface area contributed by atoms with Crippen LogP contribution in [0.1, 0.15) is 50.1 Å². The van der Waals surface area contributed by atoms with Crippen LogP contribution in [0.5, 0.6) is 0 Å². The largest absolute Gasteiger partial charge is 0.457 e. The molecule has 2 N–H and O–H groups in total. The quantitative estimate of drug-likeness (QED) is 0.627. The van der Waals surface area contributed by atoms with E-state index in [-0.39, 0.29) is 12.6 Å². The van der Waals surface area contributed by atoms with Crippen LogP contribution in [0.4, 0.5) is 0 Å². The van der Waals surface area contributed by atoms with E-state index in [1.165, 1.54) is 0 Å². The van der Waals surface area contributed by atoms with E-state index in [2.05, 4.69) is 15.3 Å². The van der Waals surface area contributed by atoms with Gasteiger partial charge in [0.2, 0.25) is 0 Å². The molecular weight excluding hydrogens is 368 g/mol. The second-order valence-corrected chi connectivity index (χ2v) is 7.37. The van der Waals surface area contributed by atoms with Crippen molar-refractivity contribution in [3.8, 4) is 5.82 Å². The van der Waals surface area contributed by atoms with Crippen molar-refractivity contribution < 1.29 is 14.6 Å². The van der Waals surface area contributed by atoms with Gasteiger partial charge in [-0.1, -0.05) is 12.1 Å². The number of carbonyl (C=O) groups is 1. The molecular formula is C22H24N4O3. The monoisotopic (exact) mass is 392 g/mol. The number of aryl methyl sites for hydroxylation is 2. The summed E-state index contributed by atoms with van der Waals surface area (Å²) in [6.45, 7) is 7.12. The van der Waals surface area contributed by atoms with E-state index in [0.29, 0.717) is 18.7 Å². The van der Waals surface area contributed by atoms with Crippen LogP contribution in [0.3, 0.4) is 0 Å². The number of aliphatic hydroxyl groups excluding tert-OH is 1. The van der Waals surface area contributed by atoms with Crippen LogP contribution < -0.4 is 5.32 Å². The van der Waals surface area contributed by atoms with Crippen LogP contribution in [0.25, 0.3) is 5.82 Å². The van der Waals surface area contributed by atoms with Gasteiger partial charge in [-0.3, -0.25) is 4.57 Å².